The Hall–Kier alpha value is -0.0800. The van der Waals surface area contributed by atoms with Crippen LogP contribution < -0.4 is 11.3 Å². The standard InChI is InChI=1S/C14H24N2/c15-16-11(6-8-2-1-3-8)14-12-9-4-5-10(7-9)13(12)14/h8-14,16H,1-7,15H2. The summed E-state index contributed by atoms with van der Waals surface area (Å²) >= 11 is 0. The predicted molar refractivity (Wildman–Crippen MR) is 64.4 cm³/mol. The first-order chi connectivity index (χ1) is 7.88. The molecule has 0 saturated heterocycles. The summed E-state index contributed by atoms with van der Waals surface area (Å²) in [6, 6.07) is 0.656. The second-order valence-electron chi connectivity index (χ2n) is 6.87. The van der Waals surface area contributed by atoms with Crippen molar-refractivity contribution in [1.29, 1.82) is 0 Å². The van der Waals surface area contributed by atoms with Crippen molar-refractivity contribution in [3.63, 3.8) is 0 Å². The van der Waals surface area contributed by atoms with Gasteiger partial charge >= 0.3 is 0 Å². The zero-order valence-corrected chi connectivity index (χ0v) is 10.1. The molecule has 0 amide bonds. The van der Waals surface area contributed by atoms with E-state index in [0.717, 1.165) is 35.5 Å². The van der Waals surface area contributed by atoms with Gasteiger partial charge in [0.25, 0.3) is 0 Å². The van der Waals surface area contributed by atoms with Crippen molar-refractivity contribution in [3.8, 4) is 0 Å². The van der Waals surface area contributed by atoms with Crippen molar-refractivity contribution in [2.45, 2.75) is 51.0 Å². The van der Waals surface area contributed by atoms with Gasteiger partial charge in [0.2, 0.25) is 0 Å². The maximum Gasteiger partial charge on any atom is 0.0247 e. The molecular formula is C14H24N2. The Morgan fingerprint density at radius 2 is 1.75 bits per heavy atom. The second kappa shape index (κ2) is 3.46. The number of hydrazine groups is 1. The molecule has 4 saturated carbocycles. The molecule has 0 heterocycles. The smallest absolute Gasteiger partial charge is 0.0247 e. The number of fused-ring (bicyclic) bond motifs is 5. The van der Waals surface area contributed by atoms with Gasteiger partial charge in [0, 0.05) is 6.04 Å². The Kier molecular flexibility index (Phi) is 2.14. The van der Waals surface area contributed by atoms with Gasteiger partial charge in [-0.2, -0.15) is 0 Å². The third kappa shape index (κ3) is 1.26. The fourth-order valence-electron chi connectivity index (χ4n) is 5.35. The highest BCUT2D eigenvalue weighted by Gasteiger charge is 2.66. The highest BCUT2D eigenvalue weighted by atomic mass is 15.2. The molecule has 2 bridgehead atoms. The SMILES string of the molecule is NNC(CC1CCC1)C1C2C3CCC(C3)C21. The Morgan fingerprint density at radius 3 is 2.25 bits per heavy atom. The maximum atomic E-state index is 5.81. The van der Waals surface area contributed by atoms with Crippen molar-refractivity contribution in [1.82, 2.24) is 5.43 Å². The van der Waals surface area contributed by atoms with Crippen LogP contribution in [0.1, 0.15) is 44.9 Å². The van der Waals surface area contributed by atoms with E-state index < -0.39 is 0 Å². The van der Waals surface area contributed by atoms with Crippen LogP contribution in [0.25, 0.3) is 0 Å². The summed E-state index contributed by atoms with van der Waals surface area (Å²) in [4.78, 5) is 0. The number of nitrogens with two attached hydrogens (primary N) is 1. The molecule has 16 heavy (non-hydrogen) atoms. The second-order valence-corrected chi connectivity index (χ2v) is 6.87. The van der Waals surface area contributed by atoms with Crippen LogP contribution in [0.5, 0.6) is 0 Å². The van der Waals surface area contributed by atoms with Gasteiger partial charge in [-0.1, -0.05) is 19.3 Å². The van der Waals surface area contributed by atoms with Gasteiger partial charge < -0.3 is 0 Å². The fraction of sp³-hybridized carbons (Fsp3) is 1.00. The molecule has 3 N–H and O–H groups in total. The Bertz CT molecular complexity index is 270. The average molecular weight is 220 g/mol. The van der Waals surface area contributed by atoms with E-state index in [2.05, 4.69) is 5.43 Å². The van der Waals surface area contributed by atoms with Crippen LogP contribution in [-0.4, -0.2) is 6.04 Å². The zero-order valence-electron chi connectivity index (χ0n) is 10.1. The lowest BCUT2D eigenvalue weighted by Crippen LogP contribution is -2.40. The minimum absolute atomic E-state index is 0.656. The van der Waals surface area contributed by atoms with Crippen molar-refractivity contribution in [3.05, 3.63) is 0 Å². The van der Waals surface area contributed by atoms with E-state index in [1.54, 1.807) is 6.42 Å². The molecule has 4 rings (SSSR count). The first-order valence-corrected chi connectivity index (χ1v) is 7.34. The van der Waals surface area contributed by atoms with Crippen molar-refractivity contribution in [2.75, 3.05) is 0 Å². The number of hydrogen-bond donors (Lipinski definition) is 2. The molecule has 0 radical (unpaired) electrons. The van der Waals surface area contributed by atoms with Gasteiger partial charge in [-0.05, 0) is 61.2 Å². The van der Waals surface area contributed by atoms with Crippen LogP contribution in [0.15, 0.2) is 0 Å². The third-order valence-electron chi connectivity index (χ3n) is 6.29. The summed E-state index contributed by atoms with van der Waals surface area (Å²) in [5.41, 5.74) is 3.16. The van der Waals surface area contributed by atoms with E-state index in [1.807, 2.05) is 0 Å². The molecule has 2 heteroatoms. The lowest BCUT2D eigenvalue weighted by Gasteiger charge is -2.30. The lowest BCUT2D eigenvalue weighted by atomic mass is 9.79. The molecule has 4 aliphatic carbocycles. The predicted octanol–water partition coefficient (Wildman–Crippen LogP) is 2.30. The van der Waals surface area contributed by atoms with Crippen molar-refractivity contribution in [2.24, 2.45) is 41.4 Å². The minimum Gasteiger partial charge on any atom is -0.271 e. The van der Waals surface area contributed by atoms with Crippen LogP contribution in [0.4, 0.5) is 0 Å². The van der Waals surface area contributed by atoms with Gasteiger partial charge in [-0.25, -0.2) is 0 Å². The molecule has 4 aliphatic rings. The van der Waals surface area contributed by atoms with Crippen LogP contribution in [0.3, 0.4) is 0 Å². The minimum atomic E-state index is 0.656. The first kappa shape index (κ1) is 9.90. The average Bonchev–Trinajstić information content (AvgIpc) is 2.67. The van der Waals surface area contributed by atoms with Gasteiger partial charge in [-0.3, -0.25) is 11.3 Å². The number of rotatable bonds is 4. The Morgan fingerprint density at radius 1 is 1.06 bits per heavy atom. The summed E-state index contributed by atoms with van der Waals surface area (Å²) in [5, 5.41) is 0. The van der Waals surface area contributed by atoms with Crippen molar-refractivity contribution < 1.29 is 0 Å². The summed E-state index contributed by atoms with van der Waals surface area (Å²) in [6.07, 6.45) is 10.4. The van der Waals surface area contributed by atoms with Crippen LogP contribution in [-0.2, 0) is 0 Å². The fourth-order valence-corrected chi connectivity index (χ4v) is 5.35. The quantitative estimate of drug-likeness (QED) is 0.563. The molecule has 0 aromatic heterocycles. The molecule has 0 spiro atoms. The molecular weight excluding hydrogens is 196 g/mol. The maximum absolute atomic E-state index is 5.81. The van der Waals surface area contributed by atoms with Crippen LogP contribution in [0, 0.1) is 35.5 Å². The largest absolute Gasteiger partial charge is 0.271 e. The van der Waals surface area contributed by atoms with Crippen LogP contribution in [0.2, 0.25) is 0 Å². The highest BCUT2D eigenvalue weighted by molar-refractivity contribution is 5.15. The molecule has 4 fully saturated rings. The Labute approximate surface area is 98.3 Å². The Balaban J connectivity index is 1.42. The third-order valence-corrected chi connectivity index (χ3v) is 6.29. The van der Waals surface area contributed by atoms with Gasteiger partial charge in [0.1, 0.15) is 0 Å². The summed E-state index contributed by atoms with van der Waals surface area (Å²) in [6.45, 7) is 0. The van der Waals surface area contributed by atoms with Crippen LogP contribution >= 0.6 is 0 Å². The molecule has 5 unspecified atom stereocenters. The summed E-state index contributed by atoms with van der Waals surface area (Å²) in [5.74, 6) is 12.1. The zero-order chi connectivity index (χ0) is 10.7. The molecule has 0 aromatic carbocycles. The molecule has 2 nitrogen and oxygen atoms in total. The number of nitrogens with one attached hydrogen (secondary N) is 1. The topological polar surface area (TPSA) is 38.0 Å². The van der Waals surface area contributed by atoms with Gasteiger partial charge in [0.15, 0.2) is 0 Å². The van der Waals surface area contributed by atoms with E-state index in [-0.39, 0.29) is 0 Å². The normalized spacial score (nSPS) is 51.2. The van der Waals surface area contributed by atoms with E-state index >= 15 is 0 Å². The highest BCUT2D eigenvalue weighted by Crippen LogP contribution is 2.70. The van der Waals surface area contributed by atoms with E-state index in [0.29, 0.717) is 6.04 Å². The lowest BCUT2D eigenvalue weighted by molar-refractivity contribution is 0.233. The van der Waals surface area contributed by atoms with E-state index in [1.165, 1.54) is 38.5 Å². The van der Waals surface area contributed by atoms with E-state index in [9.17, 15) is 0 Å². The van der Waals surface area contributed by atoms with Gasteiger partial charge in [-0.15, -0.1) is 0 Å². The first-order valence-electron chi connectivity index (χ1n) is 7.34. The summed E-state index contributed by atoms with van der Waals surface area (Å²) in [7, 11) is 0. The molecule has 0 aromatic rings. The number of hydrogen-bond acceptors (Lipinski definition) is 2. The molecule has 5 atom stereocenters. The van der Waals surface area contributed by atoms with Crippen molar-refractivity contribution >= 4 is 0 Å². The van der Waals surface area contributed by atoms with Gasteiger partial charge in [0.05, 0.1) is 0 Å². The molecule has 0 aliphatic heterocycles. The van der Waals surface area contributed by atoms with E-state index in [4.69, 9.17) is 5.84 Å². The summed E-state index contributed by atoms with van der Waals surface area (Å²) < 4.78 is 0. The monoisotopic (exact) mass is 220 g/mol. The molecule has 90 valence electrons.